The topological polar surface area (TPSA) is 44.8 Å². The first-order valence-electron chi connectivity index (χ1n) is 9.56. The van der Waals surface area contributed by atoms with E-state index in [2.05, 4.69) is 6.07 Å². The average molecular weight is 344 g/mol. The Labute approximate surface area is 149 Å². The Morgan fingerprint density at radius 2 is 1.80 bits per heavy atom. The molecule has 0 radical (unpaired) electrons. The quantitative estimate of drug-likeness (QED) is 0.546. The standard InChI is InChI=1S/C21H28O4/c1-3-24-20(23-2)25-19-9-14(13-22)4-5-18(19)21-10-15-6-16(11-21)8-17(7-15)12-21/h4-5,9,13,15-17,20H,3,6-8,10-12H2,1-2H3. The van der Waals surface area contributed by atoms with Gasteiger partial charge in [0.2, 0.25) is 0 Å². The van der Waals surface area contributed by atoms with E-state index in [9.17, 15) is 4.79 Å². The molecule has 4 aliphatic carbocycles. The number of carbonyl (C=O) groups excluding carboxylic acids is 1. The van der Waals surface area contributed by atoms with E-state index in [0.717, 1.165) is 29.8 Å². The van der Waals surface area contributed by atoms with Crippen LogP contribution in [0.15, 0.2) is 18.2 Å². The van der Waals surface area contributed by atoms with Crippen LogP contribution in [0, 0.1) is 17.8 Å². The third-order valence-corrected chi connectivity index (χ3v) is 6.47. The zero-order valence-corrected chi connectivity index (χ0v) is 15.2. The maximum absolute atomic E-state index is 11.3. The lowest BCUT2D eigenvalue weighted by molar-refractivity contribution is -0.231. The van der Waals surface area contributed by atoms with Crippen molar-refractivity contribution in [3.8, 4) is 5.75 Å². The normalized spacial score (nSPS) is 34.1. The summed E-state index contributed by atoms with van der Waals surface area (Å²) in [4.78, 5) is 11.3. The van der Waals surface area contributed by atoms with Crippen LogP contribution < -0.4 is 4.74 Å². The molecule has 1 unspecified atom stereocenters. The summed E-state index contributed by atoms with van der Waals surface area (Å²) in [5.74, 6) is 3.33. The molecule has 0 N–H and O–H groups in total. The molecular formula is C21H28O4. The average Bonchev–Trinajstić information content (AvgIpc) is 2.60. The van der Waals surface area contributed by atoms with E-state index in [0.29, 0.717) is 12.2 Å². The van der Waals surface area contributed by atoms with Crippen molar-refractivity contribution in [2.45, 2.75) is 57.3 Å². The Balaban J connectivity index is 1.70. The summed E-state index contributed by atoms with van der Waals surface area (Å²) in [5, 5.41) is 0. The third kappa shape index (κ3) is 3.11. The summed E-state index contributed by atoms with van der Waals surface area (Å²) in [6.45, 7) is 1.69. The fourth-order valence-electron chi connectivity index (χ4n) is 5.98. The van der Waals surface area contributed by atoms with Gasteiger partial charge in [0.05, 0.1) is 6.61 Å². The van der Waals surface area contributed by atoms with Crippen LogP contribution in [0.3, 0.4) is 0 Å². The minimum atomic E-state index is -0.737. The van der Waals surface area contributed by atoms with Crippen LogP contribution in [0.2, 0.25) is 0 Å². The van der Waals surface area contributed by atoms with Gasteiger partial charge in [-0.2, -0.15) is 0 Å². The molecule has 5 rings (SSSR count). The predicted octanol–water partition coefficient (Wildman–Crippen LogP) is 4.31. The second kappa shape index (κ2) is 6.73. The highest BCUT2D eigenvalue weighted by molar-refractivity contribution is 5.76. The molecule has 0 heterocycles. The maximum atomic E-state index is 11.3. The lowest BCUT2D eigenvalue weighted by Gasteiger charge is -2.57. The zero-order chi connectivity index (χ0) is 17.4. The van der Waals surface area contributed by atoms with Crippen molar-refractivity contribution in [2.75, 3.05) is 13.7 Å². The molecule has 1 atom stereocenters. The summed E-state index contributed by atoms with van der Waals surface area (Å²) in [5.41, 5.74) is 2.09. The van der Waals surface area contributed by atoms with E-state index in [4.69, 9.17) is 14.2 Å². The Bertz CT molecular complexity index is 603. The first kappa shape index (κ1) is 17.0. The largest absolute Gasteiger partial charge is 0.441 e. The first-order valence-corrected chi connectivity index (χ1v) is 9.56. The van der Waals surface area contributed by atoms with E-state index in [1.165, 1.54) is 44.1 Å². The van der Waals surface area contributed by atoms with E-state index in [1.807, 2.05) is 19.1 Å². The predicted molar refractivity (Wildman–Crippen MR) is 94.7 cm³/mol. The van der Waals surface area contributed by atoms with Crippen LogP contribution in [-0.4, -0.2) is 26.5 Å². The number of benzene rings is 1. The van der Waals surface area contributed by atoms with Crippen LogP contribution in [0.5, 0.6) is 5.75 Å². The van der Waals surface area contributed by atoms with Crippen molar-refractivity contribution in [3.05, 3.63) is 29.3 Å². The number of hydrogen-bond acceptors (Lipinski definition) is 4. The fourth-order valence-corrected chi connectivity index (χ4v) is 5.98. The Morgan fingerprint density at radius 1 is 1.16 bits per heavy atom. The number of methoxy groups -OCH3 is 1. The minimum Gasteiger partial charge on any atom is -0.441 e. The summed E-state index contributed by atoms with van der Waals surface area (Å²) >= 11 is 0. The Hall–Kier alpha value is -1.39. The van der Waals surface area contributed by atoms with Crippen molar-refractivity contribution >= 4 is 6.29 Å². The van der Waals surface area contributed by atoms with Gasteiger partial charge in [-0.3, -0.25) is 4.79 Å². The highest BCUT2D eigenvalue weighted by Gasteiger charge is 2.52. The van der Waals surface area contributed by atoms with Crippen LogP contribution in [0.25, 0.3) is 0 Å². The molecule has 4 heteroatoms. The van der Waals surface area contributed by atoms with Gasteiger partial charge in [-0.05, 0) is 74.7 Å². The van der Waals surface area contributed by atoms with Crippen molar-refractivity contribution in [1.29, 1.82) is 0 Å². The molecule has 0 saturated heterocycles. The van der Waals surface area contributed by atoms with Gasteiger partial charge < -0.3 is 14.2 Å². The summed E-state index contributed by atoms with van der Waals surface area (Å²) < 4.78 is 16.9. The number of ether oxygens (including phenoxy) is 3. The van der Waals surface area contributed by atoms with Crippen LogP contribution in [0.4, 0.5) is 0 Å². The molecule has 0 spiro atoms. The van der Waals surface area contributed by atoms with Crippen molar-refractivity contribution in [1.82, 2.24) is 0 Å². The van der Waals surface area contributed by atoms with Gasteiger partial charge in [0, 0.05) is 18.2 Å². The van der Waals surface area contributed by atoms with E-state index < -0.39 is 6.48 Å². The number of carbonyl (C=O) groups is 1. The minimum absolute atomic E-state index is 0.204. The molecule has 0 aliphatic heterocycles. The molecule has 136 valence electrons. The smallest absolute Gasteiger partial charge is 0.315 e. The lowest BCUT2D eigenvalue weighted by Crippen LogP contribution is -2.48. The molecule has 4 saturated carbocycles. The Kier molecular flexibility index (Phi) is 4.59. The molecule has 1 aromatic carbocycles. The number of hydrogen-bond donors (Lipinski definition) is 0. The molecule has 4 nitrogen and oxygen atoms in total. The summed E-state index contributed by atoms with van der Waals surface area (Å²) in [6.07, 6.45) is 8.84. The molecule has 0 aromatic heterocycles. The molecule has 4 aliphatic rings. The molecule has 4 fully saturated rings. The van der Waals surface area contributed by atoms with Gasteiger partial charge in [0.25, 0.3) is 0 Å². The van der Waals surface area contributed by atoms with Gasteiger partial charge in [-0.25, -0.2) is 0 Å². The van der Waals surface area contributed by atoms with Crippen molar-refractivity contribution in [3.63, 3.8) is 0 Å². The lowest BCUT2D eigenvalue weighted by atomic mass is 9.48. The number of aldehydes is 1. The second-order valence-electron chi connectivity index (χ2n) is 8.17. The van der Waals surface area contributed by atoms with E-state index in [1.54, 1.807) is 7.11 Å². The van der Waals surface area contributed by atoms with Crippen LogP contribution in [-0.2, 0) is 14.9 Å². The highest BCUT2D eigenvalue weighted by atomic mass is 16.8. The van der Waals surface area contributed by atoms with Crippen molar-refractivity contribution < 1.29 is 19.0 Å². The van der Waals surface area contributed by atoms with Gasteiger partial charge in [-0.15, -0.1) is 0 Å². The van der Waals surface area contributed by atoms with Crippen molar-refractivity contribution in [2.24, 2.45) is 17.8 Å². The fraction of sp³-hybridized carbons (Fsp3) is 0.667. The summed E-state index contributed by atoms with van der Waals surface area (Å²) in [6, 6.07) is 5.90. The number of rotatable bonds is 7. The second-order valence-corrected chi connectivity index (χ2v) is 8.17. The molecule has 25 heavy (non-hydrogen) atoms. The summed E-state index contributed by atoms with van der Waals surface area (Å²) in [7, 11) is 1.58. The SMILES string of the molecule is CCOC(OC)Oc1cc(C=O)ccc1C12CC3CC(CC(C3)C1)C2. The van der Waals surface area contributed by atoms with Gasteiger partial charge in [-0.1, -0.05) is 12.1 Å². The van der Waals surface area contributed by atoms with Gasteiger partial charge >= 0.3 is 6.48 Å². The zero-order valence-electron chi connectivity index (χ0n) is 15.2. The van der Waals surface area contributed by atoms with Gasteiger partial charge in [0.15, 0.2) is 0 Å². The van der Waals surface area contributed by atoms with E-state index >= 15 is 0 Å². The third-order valence-electron chi connectivity index (χ3n) is 6.47. The van der Waals surface area contributed by atoms with E-state index in [-0.39, 0.29) is 5.41 Å². The van der Waals surface area contributed by atoms with Gasteiger partial charge in [0.1, 0.15) is 12.0 Å². The monoisotopic (exact) mass is 344 g/mol. The van der Waals surface area contributed by atoms with Crippen LogP contribution in [0.1, 0.15) is 61.4 Å². The highest BCUT2D eigenvalue weighted by Crippen LogP contribution is 2.61. The molecule has 0 amide bonds. The molecule has 1 aromatic rings. The first-order chi connectivity index (χ1) is 12.2. The van der Waals surface area contributed by atoms with Crippen LogP contribution >= 0.6 is 0 Å². The molecular weight excluding hydrogens is 316 g/mol. The maximum Gasteiger partial charge on any atom is 0.315 e. The molecule has 4 bridgehead atoms. The Morgan fingerprint density at radius 3 is 2.32 bits per heavy atom.